The van der Waals surface area contributed by atoms with Crippen molar-refractivity contribution in [1.29, 1.82) is 0 Å². The van der Waals surface area contributed by atoms with E-state index >= 15 is 0 Å². The molecule has 4 nitrogen and oxygen atoms in total. The van der Waals surface area contributed by atoms with Gasteiger partial charge in [-0.05, 0) is 57.3 Å². The molecule has 4 heteroatoms. The molecule has 1 spiro atoms. The minimum absolute atomic E-state index is 0.0269. The second-order valence-electron chi connectivity index (χ2n) is 10.5. The number of allylic oxidation sites excluding steroid dienone is 3. The molecule has 0 unspecified atom stereocenters. The molecule has 0 saturated heterocycles. The molecule has 3 fully saturated rings. The lowest BCUT2D eigenvalue weighted by atomic mass is 9.43. The van der Waals surface area contributed by atoms with Crippen LogP contribution in [0, 0.1) is 28.6 Å². The standard InChI is InChI=1S/C23H32O4/c1-12(2)17(24)16-18(25)14-8-10-23(27-20(14)22(5,6)19(16)26)9-7-13-11-15(23)21(13,3)4/h12-13,15,25H,7-11H2,1-6H3/t13-,15+,23+/m0/s1. The Kier molecular flexibility index (Phi) is 3.81. The van der Waals surface area contributed by atoms with Gasteiger partial charge in [0.1, 0.15) is 22.7 Å². The van der Waals surface area contributed by atoms with E-state index < -0.39 is 5.41 Å². The highest BCUT2D eigenvalue weighted by atomic mass is 16.5. The Morgan fingerprint density at radius 1 is 1.19 bits per heavy atom. The molecule has 27 heavy (non-hydrogen) atoms. The Hall–Kier alpha value is -1.58. The van der Waals surface area contributed by atoms with Gasteiger partial charge >= 0.3 is 0 Å². The summed E-state index contributed by atoms with van der Waals surface area (Å²) in [4.78, 5) is 25.8. The summed E-state index contributed by atoms with van der Waals surface area (Å²) in [5, 5.41) is 10.9. The highest BCUT2D eigenvalue weighted by Crippen LogP contribution is 2.67. The lowest BCUT2D eigenvalue weighted by Crippen LogP contribution is -2.63. The van der Waals surface area contributed by atoms with E-state index in [-0.39, 0.29) is 39.8 Å². The van der Waals surface area contributed by atoms with E-state index in [1.165, 1.54) is 12.8 Å². The molecular weight excluding hydrogens is 340 g/mol. The molecule has 5 rings (SSSR count). The highest BCUT2D eigenvalue weighted by Gasteiger charge is 2.64. The maximum atomic E-state index is 13.2. The maximum absolute atomic E-state index is 13.2. The quantitative estimate of drug-likeness (QED) is 0.701. The van der Waals surface area contributed by atoms with Gasteiger partial charge < -0.3 is 9.84 Å². The van der Waals surface area contributed by atoms with Crippen molar-refractivity contribution < 1.29 is 19.4 Å². The van der Waals surface area contributed by atoms with E-state index in [1.54, 1.807) is 13.8 Å². The largest absolute Gasteiger partial charge is 0.507 e. The number of hydrogen-bond donors (Lipinski definition) is 1. The normalized spacial score (nSPS) is 36.5. The molecule has 4 aliphatic carbocycles. The monoisotopic (exact) mass is 372 g/mol. The summed E-state index contributed by atoms with van der Waals surface area (Å²) in [7, 11) is 0. The predicted octanol–water partition coefficient (Wildman–Crippen LogP) is 4.89. The first-order valence-electron chi connectivity index (χ1n) is 10.4. The SMILES string of the molecule is CC(C)C(=O)C1=C(O)C2=C(O[C@@]3(CC2)CC[C@H]2C[C@@H]3C2(C)C)C(C)(C)C1=O. The number of rotatable bonds is 2. The Bertz CT molecular complexity index is 793. The van der Waals surface area contributed by atoms with Crippen molar-refractivity contribution in [2.45, 2.75) is 79.2 Å². The number of hydrogen-bond acceptors (Lipinski definition) is 4. The minimum atomic E-state index is -0.917. The van der Waals surface area contributed by atoms with Gasteiger partial charge in [0.25, 0.3) is 0 Å². The van der Waals surface area contributed by atoms with Gasteiger partial charge in [0.05, 0.1) is 5.41 Å². The Balaban J connectivity index is 1.78. The van der Waals surface area contributed by atoms with Crippen LogP contribution in [0.1, 0.15) is 73.6 Å². The van der Waals surface area contributed by atoms with Crippen LogP contribution in [-0.4, -0.2) is 22.3 Å². The van der Waals surface area contributed by atoms with Crippen LogP contribution in [0.2, 0.25) is 0 Å². The molecule has 2 bridgehead atoms. The number of carbonyl (C=O) groups is 2. The molecule has 0 aromatic carbocycles. The summed E-state index contributed by atoms with van der Waals surface area (Å²) in [5.41, 5.74) is -0.224. The van der Waals surface area contributed by atoms with E-state index in [1.807, 2.05) is 13.8 Å². The van der Waals surface area contributed by atoms with E-state index in [0.29, 0.717) is 23.7 Å². The third-order valence-corrected chi connectivity index (χ3v) is 8.05. The molecule has 5 aliphatic rings. The van der Waals surface area contributed by atoms with Gasteiger partial charge in [0.15, 0.2) is 11.6 Å². The number of carbonyl (C=O) groups excluding carboxylic acids is 2. The van der Waals surface area contributed by atoms with E-state index in [0.717, 1.165) is 18.8 Å². The fourth-order valence-electron chi connectivity index (χ4n) is 6.10. The highest BCUT2D eigenvalue weighted by molar-refractivity contribution is 6.24. The van der Waals surface area contributed by atoms with E-state index in [4.69, 9.17) is 4.74 Å². The topological polar surface area (TPSA) is 63.6 Å². The van der Waals surface area contributed by atoms with Crippen molar-refractivity contribution in [3.05, 3.63) is 22.7 Å². The van der Waals surface area contributed by atoms with E-state index in [2.05, 4.69) is 13.8 Å². The first kappa shape index (κ1) is 18.8. The van der Waals surface area contributed by atoms with Gasteiger partial charge in [0, 0.05) is 17.4 Å². The average Bonchev–Trinajstić information content (AvgIpc) is 2.60. The lowest BCUT2D eigenvalue weighted by molar-refractivity contribution is -0.223. The fraction of sp³-hybridized carbons (Fsp3) is 0.739. The fourth-order valence-corrected chi connectivity index (χ4v) is 6.10. The van der Waals surface area contributed by atoms with Gasteiger partial charge in [-0.1, -0.05) is 27.7 Å². The molecule has 3 saturated carbocycles. The van der Waals surface area contributed by atoms with Gasteiger partial charge in [-0.15, -0.1) is 0 Å². The molecule has 0 aromatic heterocycles. The Morgan fingerprint density at radius 3 is 2.41 bits per heavy atom. The van der Waals surface area contributed by atoms with Crippen molar-refractivity contribution in [2.24, 2.45) is 28.6 Å². The molecule has 0 radical (unpaired) electrons. The zero-order chi connectivity index (χ0) is 19.9. The van der Waals surface area contributed by atoms with Crippen LogP contribution in [-0.2, 0) is 14.3 Å². The summed E-state index contributed by atoms with van der Waals surface area (Å²) in [5.74, 6) is 0.826. The molecule has 1 heterocycles. The van der Waals surface area contributed by atoms with Crippen molar-refractivity contribution in [3.63, 3.8) is 0 Å². The van der Waals surface area contributed by atoms with Gasteiger partial charge in [-0.25, -0.2) is 0 Å². The van der Waals surface area contributed by atoms with Crippen LogP contribution in [0.15, 0.2) is 22.7 Å². The molecule has 1 N–H and O–H groups in total. The molecule has 1 aliphatic heterocycles. The molecule has 0 amide bonds. The zero-order valence-corrected chi connectivity index (χ0v) is 17.4. The number of aliphatic hydroxyl groups is 1. The number of ketones is 2. The minimum Gasteiger partial charge on any atom is -0.507 e. The molecule has 3 atom stereocenters. The van der Waals surface area contributed by atoms with E-state index in [9.17, 15) is 14.7 Å². The first-order chi connectivity index (χ1) is 12.4. The number of aliphatic hydroxyl groups excluding tert-OH is 1. The second-order valence-corrected chi connectivity index (χ2v) is 10.5. The smallest absolute Gasteiger partial charge is 0.183 e. The number of ether oxygens (including phenoxy) is 1. The molecule has 148 valence electrons. The maximum Gasteiger partial charge on any atom is 0.183 e. The van der Waals surface area contributed by atoms with Gasteiger partial charge in [-0.3, -0.25) is 9.59 Å². The van der Waals surface area contributed by atoms with Crippen LogP contribution in [0.25, 0.3) is 0 Å². The predicted molar refractivity (Wildman–Crippen MR) is 103 cm³/mol. The van der Waals surface area contributed by atoms with Crippen molar-refractivity contribution >= 4 is 11.6 Å². The summed E-state index contributed by atoms with van der Waals surface area (Å²) >= 11 is 0. The van der Waals surface area contributed by atoms with Crippen LogP contribution in [0.4, 0.5) is 0 Å². The Labute approximate surface area is 162 Å². The lowest BCUT2D eigenvalue weighted by Gasteiger charge is -2.66. The summed E-state index contributed by atoms with van der Waals surface area (Å²) in [6.45, 7) is 11.9. The summed E-state index contributed by atoms with van der Waals surface area (Å²) in [6, 6.07) is 0. The summed E-state index contributed by atoms with van der Waals surface area (Å²) < 4.78 is 6.70. The average molecular weight is 373 g/mol. The summed E-state index contributed by atoms with van der Waals surface area (Å²) in [6.07, 6.45) is 4.91. The third-order valence-electron chi connectivity index (χ3n) is 8.05. The second kappa shape index (κ2) is 5.48. The van der Waals surface area contributed by atoms with Gasteiger partial charge in [0.2, 0.25) is 0 Å². The molecule has 0 aromatic rings. The molecular formula is C23H32O4. The van der Waals surface area contributed by atoms with Crippen LogP contribution in [0.3, 0.4) is 0 Å². The first-order valence-corrected chi connectivity index (χ1v) is 10.4. The number of fused-ring (bicyclic) bond motifs is 1. The van der Waals surface area contributed by atoms with Gasteiger partial charge in [-0.2, -0.15) is 0 Å². The number of Topliss-reactive ketones (excluding diaryl/α,β-unsaturated/α-hetero) is 2. The van der Waals surface area contributed by atoms with Crippen molar-refractivity contribution in [1.82, 2.24) is 0 Å². The van der Waals surface area contributed by atoms with Crippen molar-refractivity contribution in [2.75, 3.05) is 0 Å². The zero-order valence-electron chi connectivity index (χ0n) is 17.4. The Morgan fingerprint density at radius 2 is 1.85 bits per heavy atom. The van der Waals surface area contributed by atoms with Crippen LogP contribution < -0.4 is 0 Å². The van der Waals surface area contributed by atoms with Crippen LogP contribution in [0.5, 0.6) is 0 Å². The van der Waals surface area contributed by atoms with Crippen LogP contribution >= 0.6 is 0 Å². The van der Waals surface area contributed by atoms with Crippen molar-refractivity contribution in [3.8, 4) is 0 Å². The third kappa shape index (κ3) is 2.28.